The molecular formula is C21H26N2O2. The summed E-state index contributed by atoms with van der Waals surface area (Å²) in [6.07, 6.45) is 4.75. The molecule has 0 N–H and O–H groups in total. The Bertz CT molecular complexity index is 664. The minimum atomic E-state index is 0.170. The van der Waals surface area contributed by atoms with Crippen molar-refractivity contribution in [3.8, 4) is 0 Å². The third-order valence-corrected chi connectivity index (χ3v) is 5.56. The van der Waals surface area contributed by atoms with Crippen LogP contribution in [0.15, 0.2) is 54.9 Å². The fraction of sp³-hybridized carbons (Fsp3) is 0.476. The first-order valence-corrected chi connectivity index (χ1v) is 9.15. The van der Waals surface area contributed by atoms with E-state index in [0.29, 0.717) is 12.5 Å². The highest BCUT2D eigenvalue weighted by molar-refractivity contribution is 5.15. The number of fused-ring (bicyclic) bond motifs is 1. The molecular weight excluding hydrogens is 312 g/mol. The molecule has 0 saturated carbocycles. The lowest BCUT2D eigenvalue weighted by atomic mass is 9.82. The molecule has 0 aliphatic carbocycles. The number of benzene rings is 1. The fourth-order valence-corrected chi connectivity index (χ4v) is 4.10. The summed E-state index contributed by atoms with van der Waals surface area (Å²) < 4.78 is 11.9. The number of pyridine rings is 1. The quantitative estimate of drug-likeness (QED) is 0.777. The van der Waals surface area contributed by atoms with Gasteiger partial charge in [0.1, 0.15) is 0 Å². The topological polar surface area (TPSA) is 34.6 Å². The van der Waals surface area contributed by atoms with Gasteiger partial charge in [0, 0.05) is 43.4 Å². The van der Waals surface area contributed by atoms with Crippen LogP contribution in [0.5, 0.6) is 0 Å². The molecule has 4 nitrogen and oxygen atoms in total. The van der Waals surface area contributed by atoms with Crippen molar-refractivity contribution in [1.82, 2.24) is 9.88 Å². The van der Waals surface area contributed by atoms with E-state index < -0.39 is 0 Å². The Morgan fingerprint density at radius 2 is 1.96 bits per heavy atom. The fourth-order valence-electron chi connectivity index (χ4n) is 4.10. The average Bonchev–Trinajstić information content (AvgIpc) is 3.18. The first kappa shape index (κ1) is 16.7. The van der Waals surface area contributed by atoms with Crippen molar-refractivity contribution in [1.29, 1.82) is 0 Å². The molecule has 25 heavy (non-hydrogen) atoms. The summed E-state index contributed by atoms with van der Waals surface area (Å²) in [5.41, 5.74) is 2.77. The normalized spacial score (nSPS) is 26.0. The van der Waals surface area contributed by atoms with Gasteiger partial charge in [0.15, 0.2) is 0 Å². The Morgan fingerprint density at radius 1 is 1.12 bits per heavy atom. The molecule has 2 fully saturated rings. The van der Waals surface area contributed by atoms with Crippen LogP contribution in [-0.4, -0.2) is 49.3 Å². The maximum absolute atomic E-state index is 6.08. The lowest BCUT2D eigenvalue weighted by Gasteiger charge is -2.27. The lowest BCUT2D eigenvalue weighted by Crippen LogP contribution is -2.36. The van der Waals surface area contributed by atoms with Crippen LogP contribution < -0.4 is 0 Å². The van der Waals surface area contributed by atoms with Crippen molar-refractivity contribution in [2.24, 2.45) is 11.3 Å². The van der Waals surface area contributed by atoms with Crippen LogP contribution in [0.3, 0.4) is 0 Å². The second kappa shape index (κ2) is 7.65. The molecule has 2 aliphatic heterocycles. The Hall–Kier alpha value is -1.75. The van der Waals surface area contributed by atoms with Gasteiger partial charge in [0.05, 0.1) is 26.4 Å². The monoisotopic (exact) mass is 338 g/mol. The van der Waals surface area contributed by atoms with Gasteiger partial charge in [0.25, 0.3) is 0 Å². The lowest BCUT2D eigenvalue weighted by molar-refractivity contribution is 0.0188. The summed E-state index contributed by atoms with van der Waals surface area (Å²) in [6, 6.07) is 14.8. The molecule has 1 aromatic heterocycles. The van der Waals surface area contributed by atoms with Crippen LogP contribution in [0.4, 0.5) is 0 Å². The molecule has 0 amide bonds. The largest absolute Gasteiger partial charge is 0.380 e. The highest BCUT2D eigenvalue weighted by Crippen LogP contribution is 2.41. The second-order valence-corrected chi connectivity index (χ2v) is 7.39. The first-order valence-electron chi connectivity index (χ1n) is 9.15. The van der Waals surface area contributed by atoms with E-state index in [0.717, 1.165) is 45.9 Å². The molecule has 0 unspecified atom stereocenters. The van der Waals surface area contributed by atoms with E-state index in [4.69, 9.17) is 9.47 Å². The molecule has 2 saturated heterocycles. The van der Waals surface area contributed by atoms with E-state index >= 15 is 0 Å². The number of ether oxygens (including phenoxy) is 2. The Morgan fingerprint density at radius 3 is 2.80 bits per heavy atom. The molecule has 4 rings (SSSR count). The number of hydrogen-bond acceptors (Lipinski definition) is 4. The zero-order valence-corrected chi connectivity index (χ0v) is 14.6. The summed E-state index contributed by atoms with van der Waals surface area (Å²) in [5.74, 6) is 0.598. The maximum Gasteiger partial charge on any atom is 0.0718 e. The molecule has 2 atom stereocenters. The van der Waals surface area contributed by atoms with Crippen LogP contribution in [0.1, 0.15) is 11.1 Å². The van der Waals surface area contributed by atoms with Crippen LogP contribution in [0, 0.1) is 11.3 Å². The van der Waals surface area contributed by atoms with Crippen molar-refractivity contribution in [2.75, 3.05) is 39.5 Å². The van der Waals surface area contributed by atoms with Crippen LogP contribution in [0.25, 0.3) is 0 Å². The van der Waals surface area contributed by atoms with Gasteiger partial charge in [0.2, 0.25) is 0 Å². The number of nitrogens with zero attached hydrogens (tertiary/aromatic N) is 2. The third kappa shape index (κ3) is 3.92. The Labute approximate surface area is 149 Å². The van der Waals surface area contributed by atoms with Gasteiger partial charge in [-0.05, 0) is 29.7 Å². The maximum atomic E-state index is 6.08. The highest BCUT2D eigenvalue weighted by Gasteiger charge is 2.50. The van der Waals surface area contributed by atoms with Crippen molar-refractivity contribution >= 4 is 0 Å². The SMILES string of the molecule is c1ccc(CCN2C[C@@H]3COC[C@]3(COCc3ccncc3)C2)cc1. The van der Waals surface area contributed by atoms with E-state index in [2.05, 4.69) is 40.2 Å². The minimum absolute atomic E-state index is 0.170. The Balaban J connectivity index is 1.31. The molecule has 0 bridgehead atoms. The van der Waals surface area contributed by atoms with Gasteiger partial charge < -0.3 is 14.4 Å². The molecule has 0 radical (unpaired) electrons. The van der Waals surface area contributed by atoms with E-state index in [9.17, 15) is 0 Å². The van der Waals surface area contributed by atoms with Crippen LogP contribution in [0.2, 0.25) is 0 Å². The third-order valence-electron chi connectivity index (χ3n) is 5.56. The molecule has 2 aromatic rings. The zero-order chi connectivity index (χ0) is 17.0. The van der Waals surface area contributed by atoms with Gasteiger partial charge in [-0.3, -0.25) is 4.98 Å². The Kier molecular flexibility index (Phi) is 5.11. The molecule has 3 heterocycles. The molecule has 4 heteroatoms. The van der Waals surface area contributed by atoms with Crippen molar-refractivity contribution in [2.45, 2.75) is 13.0 Å². The van der Waals surface area contributed by atoms with Gasteiger partial charge in [-0.15, -0.1) is 0 Å². The second-order valence-electron chi connectivity index (χ2n) is 7.39. The predicted molar refractivity (Wildman–Crippen MR) is 97.2 cm³/mol. The van der Waals surface area contributed by atoms with Crippen LogP contribution >= 0.6 is 0 Å². The molecule has 2 aliphatic rings. The standard InChI is InChI=1S/C21H26N2O2/c1-2-4-18(5-3-1)8-11-23-12-20-14-25-17-21(20,15-23)16-24-13-19-6-9-22-10-7-19/h1-7,9-10,20H,8,11-17H2/t20-,21-/m1/s1. The van der Waals surface area contributed by atoms with Crippen molar-refractivity contribution in [3.05, 3.63) is 66.0 Å². The van der Waals surface area contributed by atoms with Gasteiger partial charge in [-0.2, -0.15) is 0 Å². The highest BCUT2D eigenvalue weighted by atomic mass is 16.5. The number of rotatable bonds is 7. The summed E-state index contributed by atoms with van der Waals surface area (Å²) in [7, 11) is 0. The summed E-state index contributed by atoms with van der Waals surface area (Å²) in [5, 5.41) is 0. The van der Waals surface area contributed by atoms with Crippen molar-refractivity contribution < 1.29 is 9.47 Å². The van der Waals surface area contributed by atoms with E-state index in [1.165, 1.54) is 11.1 Å². The van der Waals surface area contributed by atoms with Crippen molar-refractivity contribution in [3.63, 3.8) is 0 Å². The number of likely N-dealkylation sites (tertiary alicyclic amines) is 1. The van der Waals surface area contributed by atoms with Gasteiger partial charge in [-0.25, -0.2) is 0 Å². The van der Waals surface area contributed by atoms with Gasteiger partial charge >= 0.3 is 0 Å². The van der Waals surface area contributed by atoms with E-state index in [-0.39, 0.29) is 5.41 Å². The number of hydrogen-bond donors (Lipinski definition) is 0. The van der Waals surface area contributed by atoms with E-state index in [1.54, 1.807) is 0 Å². The molecule has 132 valence electrons. The average molecular weight is 338 g/mol. The predicted octanol–water partition coefficient (Wildman–Crippen LogP) is 2.79. The molecule has 0 spiro atoms. The smallest absolute Gasteiger partial charge is 0.0718 e. The summed E-state index contributed by atoms with van der Waals surface area (Å²) >= 11 is 0. The first-order chi connectivity index (χ1) is 12.3. The van der Waals surface area contributed by atoms with Crippen LogP contribution in [-0.2, 0) is 22.5 Å². The van der Waals surface area contributed by atoms with E-state index in [1.807, 2.05) is 24.5 Å². The number of aromatic nitrogens is 1. The minimum Gasteiger partial charge on any atom is -0.380 e. The summed E-state index contributed by atoms with van der Waals surface area (Å²) in [6.45, 7) is 6.47. The van der Waals surface area contributed by atoms with Gasteiger partial charge in [-0.1, -0.05) is 30.3 Å². The molecule has 1 aromatic carbocycles. The summed E-state index contributed by atoms with van der Waals surface area (Å²) in [4.78, 5) is 6.65. The zero-order valence-electron chi connectivity index (χ0n) is 14.6.